The van der Waals surface area contributed by atoms with Crippen LogP contribution in [0, 0.1) is 11.8 Å². The van der Waals surface area contributed by atoms with Gasteiger partial charge in [-0.25, -0.2) is 4.79 Å². The summed E-state index contributed by atoms with van der Waals surface area (Å²) in [6.07, 6.45) is 4.28. The third kappa shape index (κ3) is 2.63. The number of para-hydroxylation sites is 1. The van der Waals surface area contributed by atoms with Gasteiger partial charge in [-0.15, -0.1) is 0 Å². The first-order valence-electron chi connectivity index (χ1n) is 6.98. The molecule has 1 fully saturated rings. The van der Waals surface area contributed by atoms with Gasteiger partial charge in [0, 0.05) is 6.54 Å². The molecule has 1 aromatic carbocycles. The van der Waals surface area contributed by atoms with E-state index in [4.69, 9.17) is 9.47 Å². The molecular formula is C16H17NO4. The molecule has 1 aromatic rings. The second-order valence-corrected chi connectivity index (χ2v) is 5.33. The fourth-order valence-corrected chi connectivity index (χ4v) is 3.01. The van der Waals surface area contributed by atoms with E-state index in [1.165, 1.54) is 7.11 Å². The summed E-state index contributed by atoms with van der Waals surface area (Å²) in [6.45, 7) is 0.584. The maximum absolute atomic E-state index is 12.3. The Hall–Kier alpha value is -2.30. The predicted molar refractivity (Wildman–Crippen MR) is 75.7 cm³/mol. The normalized spacial score (nSPS) is 26.5. The second-order valence-electron chi connectivity index (χ2n) is 5.33. The number of rotatable bonds is 2. The molecule has 2 aliphatic heterocycles. The van der Waals surface area contributed by atoms with Gasteiger partial charge in [0.25, 0.3) is 0 Å². The van der Waals surface area contributed by atoms with Crippen LogP contribution in [-0.4, -0.2) is 36.7 Å². The zero-order valence-corrected chi connectivity index (χ0v) is 11.8. The van der Waals surface area contributed by atoms with Gasteiger partial charge in [0.05, 0.1) is 19.1 Å². The molecule has 1 amide bonds. The Kier molecular flexibility index (Phi) is 3.64. The molecule has 3 atom stereocenters. The van der Waals surface area contributed by atoms with Crippen LogP contribution < -0.4 is 4.74 Å². The van der Waals surface area contributed by atoms with Crippen molar-refractivity contribution in [2.75, 3.05) is 13.7 Å². The van der Waals surface area contributed by atoms with E-state index < -0.39 is 6.09 Å². The van der Waals surface area contributed by atoms with Crippen molar-refractivity contribution in [3.8, 4) is 5.75 Å². The Bertz CT molecular complexity index is 569. The predicted octanol–water partition coefficient (Wildman–Crippen LogP) is 2.23. The first-order chi connectivity index (χ1) is 10.2. The topological polar surface area (TPSA) is 55.8 Å². The van der Waals surface area contributed by atoms with Gasteiger partial charge in [0.1, 0.15) is 5.75 Å². The van der Waals surface area contributed by atoms with Gasteiger partial charge < -0.3 is 9.47 Å². The molecule has 21 heavy (non-hydrogen) atoms. The summed E-state index contributed by atoms with van der Waals surface area (Å²) >= 11 is 0. The Morgan fingerprint density at radius 2 is 1.95 bits per heavy atom. The summed E-state index contributed by atoms with van der Waals surface area (Å²) in [5.74, 6) is 0.110. The summed E-state index contributed by atoms with van der Waals surface area (Å²) in [5, 5.41) is 0. The Morgan fingerprint density at radius 1 is 1.19 bits per heavy atom. The van der Waals surface area contributed by atoms with Crippen molar-refractivity contribution in [2.45, 2.75) is 12.5 Å². The third-order valence-corrected chi connectivity index (χ3v) is 4.03. The Labute approximate surface area is 123 Å². The highest BCUT2D eigenvalue weighted by molar-refractivity contribution is 5.77. The SMILES string of the molecule is COC(=O)[C@H]1C[C@H]2C=C[C@@H]1N(C(=O)Oc1ccccc1)C2. The molecular weight excluding hydrogens is 270 g/mol. The molecule has 5 nitrogen and oxygen atoms in total. The van der Waals surface area contributed by atoms with Crippen molar-refractivity contribution < 1.29 is 19.1 Å². The number of ether oxygens (including phenoxy) is 2. The van der Waals surface area contributed by atoms with E-state index in [2.05, 4.69) is 6.08 Å². The molecule has 0 aromatic heterocycles. The summed E-state index contributed by atoms with van der Waals surface area (Å²) in [6, 6.07) is 8.65. The number of carbonyl (C=O) groups excluding carboxylic acids is 2. The van der Waals surface area contributed by atoms with Crippen LogP contribution in [0.1, 0.15) is 6.42 Å². The molecule has 110 valence electrons. The summed E-state index contributed by atoms with van der Waals surface area (Å²) < 4.78 is 10.2. The van der Waals surface area contributed by atoms with Crippen molar-refractivity contribution in [1.29, 1.82) is 0 Å². The summed E-state index contributed by atoms with van der Waals surface area (Å²) in [4.78, 5) is 25.8. The van der Waals surface area contributed by atoms with E-state index in [1.807, 2.05) is 24.3 Å². The van der Waals surface area contributed by atoms with E-state index >= 15 is 0 Å². The first kappa shape index (κ1) is 13.7. The van der Waals surface area contributed by atoms with Gasteiger partial charge >= 0.3 is 12.1 Å². The molecule has 2 heterocycles. The minimum absolute atomic E-state index is 0.183. The fourth-order valence-electron chi connectivity index (χ4n) is 3.01. The van der Waals surface area contributed by atoms with E-state index in [0.29, 0.717) is 12.3 Å². The van der Waals surface area contributed by atoms with Crippen molar-refractivity contribution in [1.82, 2.24) is 4.90 Å². The Balaban J connectivity index is 1.75. The number of esters is 1. The largest absolute Gasteiger partial charge is 0.469 e. The number of fused-ring (bicyclic) bond motifs is 2. The monoisotopic (exact) mass is 287 g/mol. The average molecular weight is 287 g/mol. The van der Waals surface area contributed by atoms with Crippen LogP contribution in [0.4, 0.5) is 4.79 Å². The van der Waals surface area contributed by atoms with Gasteiger partial charge in [0.2, 0.25) is 0 Å². The lowest BCUT2D eigenvalue weighted by molar-refractivity contribution is -0.149. The van der Waals surface area contributed by atoms with E-state index in [9.17, 15) is 9.59 Å². The van der Waals surface area contributed by atoms with Crippen LogP contribution in [0.15, 0.2) is 42.5 Å². The second kappa shape index (κ2) is 5.60. The molecule has 1 aliphatic carbocycles. The minimum Gasteiger partial charge on any atom is -0.469 e. The zero-order chi connectivity index (χ0) is 14.8. The van der Waals surface area contributed by atoms with Gasteiger partial charge in [-0.1, -0.05) is 30.4 Å². The molecule has 3 aliphatic rings. The lowest BCUT2D eigenvalue weighted by Crippen LogP contribution is -2.55. The van der Waals surface area contributed by atoms with Gasteiger partial charge in [0.15, 0.2) is 0 Å². The molecule has 0 N–H and O–H groups in total. The number of hydrogen-bond acceptors (Lipinski definition) is 4. The van der Waals surface area contributed by atoms with Crippen LogP contribution in [0.25, 0.3) is 0 Å². The van der Waals surface area contributed by atoms with Crippen LogP contribution in [-0.2, 0) is 9.53 Å². The molecule has 4 rings (SSSR count). The highest BCUT2D eigenvalue weighted by Crippen LogP contribution is 2.35. The van der Waals surface area contributed by atoms with Gasteiger partial charge in [-0.3, -0.25) is 9.69 Å². The number of nitrogens with zero attached hydrogens (tertiary/aromatic N) is 1. The van der Waals surface area contributed by atoms with E-state index in [1.54, 1.807) is 17.0 Å². The molecule has 0 radical (unpaired) electrons. The van der Waals surface area contributed by atoms with Crippen molar-refractivity contribution in [3.63, 3.8) is 0 Å². The van der Waals surface area contributed by atoms with Crippen LogP contribution in [0.3, 0.4) is 0 Å². The van der Waals surface area contributed by atoms with Gasteiger partial charge in [-0.05, 0) is 24.5 Å². The zero-order valence-electron chi connectivity index (χ0n) is 11.8. The molecule has 0 unspecified atom stereocenters. The lowest BCUT2D eigenvalue weighted by atomic mass is 9.78. The molecule has 0 saturated carbocycles. The van der Waals surface area contributed by atoms with Crippen molar-refractivity contribution in [3.05, 3.63) is 42.5 Å². The van der Waals surface area contributed by atoms with Crippen LogP contribution in [0.2, 0.25) is 0 Å². The van der Waals surface area contributed by atoms with Crippen molar-refractivity contribution >= 4 is 12.1 Å². The third-order valence-electron chi connectivity index (χ3n) is 4.03. The molecule has 5 heteroatoms. The lowest BCUT2D eigenvalue weighted by Gasteiger charge is -2.44. The standard InChI is InChI=1S/C16H17NO4/c1-20-15(18)13-9-11-7-8-14(13)17(10-11)16(19)21-12-5-3-2-4-6-12/h2-8,11,13-14H,9-10H2,1H3/t11-,13+,14+/m1/s1. The minimum atomic E-state index is -0.422. The number of amides is 1. The number of piperidine rings is 1. The average Bonchev–Trinajstić information content (AvgIpc) is 2.55. The number of methoxy groups -OCH3 is 1. The maximum Gasteiger partial charge on any atom is 0.415 e. The quantitative estimate of drug-likeness (QED) is 0.618. The maximum atomic E-state index is 12.3. The van der Waals surface area contributed by atoms with Gasteiger partial charge in [-0.2, -0.15) is 0 Å². The number of hydrogen-bond donors (Lipinski definition) is 0. The van der Waals surface area contributed by atoms with E-state index in [0.717, 1.165) is 6.42 Å². The highest BCUT2D eigenvalue weighted by atomic mass is 16.6. The Morgan fingerprint density at radius 3 is 2.62 bits per heavy atom. The van der Waals surface area contributed by atoms with Crippen LogP contribution in [0.5, 0.6) is 5.75 Å². The summed E-state index contributed by atoms with van der Waals surface area (Å²) in [5.41, 5.74) is 0. The highest BCUT2D eigenvalue weighted by Gasteiger charge is 2.44. The van der Waals surface area contributed by atoms with E-state index in [-0.39, 0.29) is 23.8 Å². The fraction of sp³-hybridized carbons (Fsp3) is 0.375. The van der Waals surface area contributed by atoms with Crippen molar-refractivity contribution in [2.24, 2.45) is 11.8 Å². The number of carbonyl (C=O) groups is 2. The number of benzene rings is 1. The first-order valence-corrected chi connectivity index (χ1v) is 6.98. The molecule has 1 saturated heterocycles. The summed E-state index contributed by atoms with van der Waals surface area (Å²) in [7, 11) is 1.38. The molecule has 0 spiro atoms. The smallest absolute Gasteiger partial charge is 0.415 e. The molecule has 2 bridgehead atoms. The van der Waals surface area contributed by atoms with Crippen LogP contribution >= 0.6 is 0 Å².